The van der Waals surface area contributed by atoms with Crippen LogP contribution in [0.4, 0.5) is 5.13 Å². The van der Waals surface area contributed by atoms with Crippen molar-refractivity contribution in [2.75, 3.05) is 18.1 Å². The number of aryl methyl sites for hydroxylation is 1. The van der Waals surface area contributed by atoms with Gasteiger partial charge in [0.05, 0.1) is 22.7 Å². The maximum absolute atomic E-state index is 12.6. The van der Waals surface area contributed by atoms with Crippen LogP contribution in [0.5, 0.6) is 0 Å². The number of ether oxygens (including phenoxy) is 1. The lowest BCUT2D eigenvalue weighted by molar-refractivity contribution is -0.116. The number of nitrogens with zero attached hydrogens (tertiary/aromatic N) is 3. The molecule has 3 aromatic rings. The second-order valence-corrected chi connectivity index (χ2v) is 8.42. The van der Waals surface area contributed by atoms with E-state index in [4.69, 9.17) is 16.3 Å². The Hall–Kier alpha value is -2.56. The van der Waals surface area contributed by atoms with Crippen LogP contribution in [0.2, 0.25) is 0 Å². The second kappa shape index (κ2) is 9.07. The van der Waals surface area contributed by atoms with Gasteiger partial charge in [0.15, 0.2) is 11.0 Å². The number of esters is 1. The van der Waals surface area contributed by atoms with Gasteiger partial charge in [0.25, 0.3) is 5.56 Å². The Morgan fingerprint density at radius 3 is 2.70 bits per heavy atom. The number of aromatic nitrogens is 3. The number of thiophene rings is 1. The van der Waals surface area contributed by atoms with Crippen molar-refractivity contribution in [1.29, 1.82) is 0 Å². The minimum atomic E-state index is -0.485. The van der Waals surface area contributed by atoms with Crippen molar-refractivity contribution in [3.63, 3.8) is 0 Å². The molecule has 0 unspecified atom stereocenters. The number of hydrogen-bond donors (Lipinski definition) is 1. The SMILES string of the molecule is CCOC(=O)c1sc2nc(/C(Cl)=C/c3csc(N(CC)C(C)=O)n3)[nH]c(=O)c2c1C. The van der Waals surface area contributed by atoms with Crippen molar-refractivity contribution in [2.45, 2.75) is 27.7 Å². The molecule has 3 heterocycles. The molecule has 0 bridgehead atoms. The summed E-state index contributed by atoms with van der Waals surface area (Å²) in [7, 11) is 0. The Morgan fingerprint density at radius 1 is 1.33 bits per heavy atom. The molecule has 0 spiro atoms. The van der Waals surface area contributed by atoms with Gasteiger partial charge in [-0.2, -0.15) is 0 Å². The van der Waals surface area contributed by atoms with Gasteiger partial charge in [0, 0.05) is 18.8 Å². The Morgan fingerprint density at radius 2 is 2.07 bits per heavy atom. The molecule has 11 heteroatoms. The molecule has 3 rings (SSSR count). The molecule has 0 saturated carbocycles. The van der Waals surface area contributed by atoms with E-state index in [9.17, 15) is 14.4 Å². The predicted octanol–water partition coefficient (Wildman–Crippen LogP) is 4.04. The lowest BCUT2D eigenvalue weighted by Gasteiger charge is -2.14. The zero-order chi connectivity index (χ0) is 22.0. The third-order valence-electron chi connectivity index (χ3n) is 4.20. The first-order chi connectivity index (χ1) is 14.3. The molecule has 1 N–H and O–H groups in total. The van der Waals surface area contributed by atoms with Crippen LogP contribution in [0, 0.1) is 6.92 Å². The molecule has 0 aromatic carbocycles. The maximum atomic E-state index is 12.6. The minimum absolute atomic E-state index is 0.101. The van der Waals surface area contributed by atoms with Gasteiger partial charge in [-0.25, -0.2) is 14.8 Å². The fraction of sp³-hybridized carbons (Fsp3) is 0.316. The van der Waals surface area contributed by atoms with Crippen LogP contribution in [0.15, 0.2) is 10.2 Å². The van der Waals surface area contributed by atoms with E-state index in [1.807, 2.05) is 6.92 Å². The van der Waals surface area contributed by atoms with Crippen LogP contribution in [0.3, 0.4) is 0 Å². The summed E-state index contributed by atoms with van der Waals surface area (Å²) in [5, 5.41) is 2.84. The largest absolute Gasteiger partial charge is 0.462 e. The summed E-state index contributed by atoms with van der Waals surface area (Å²) < 4.78 is 5.04. The van der Waals surface area contributed by atoms with Gasteiger partial charge < -0.3 is 9.72 Å². The smallest absolute Gasteiger partial charge is 0.348 e. The Bertz CT molecular complexity index is 1210. The van der Waals surface area contributed by atoms with Gasteiger partial charge in [-0.3, -0.25) is 14.5 Å². The molecule has 1 amide bonds. The molecule has 30 heavy (non-hydrogen) atoms. The van der Waals surface area contributed by atoms with Gasteiger partial charge in [0.2, 0.25) is 5.91 Å². The number of aromatic amines is 1. The zero-order valence-electron chi connectivity index (χ0n) is 16.7. The summed E-state index contributed by atoms with van der Waals surface area (Å²) in [6.45, 7) is 7.49. The first-order valence-corrected chi connectivity index (χ1v) is 11.2. The van der Waals surface area contributed by atoms with Gasteiger partial charge in [-0.05, 0) is 32.4 Å². The Balaban J connectivity index is 1.98. The summed E-state index contributed by atoms with van der Waals surface area (Å²) in [5.74, 6) is -0.420. The number of rotatable bonds is 6. The highest BCUT2D eigenvalue weighted by molar-refractivity contribution is 7.20. The topological polar surface area (TPSA) is 105 Å². The molecule has 0 aliphatic heterocycles. The van der Waals surface area contributed by atoms with Crippen molar-refractivity contribution in [3.05, 3.63) is 37.7 Å². The number of hydrogen-bond acceptors (Lipinski definition) is 8. The van der Waals surface area contributed by atoms with E-state index < -0.39 is 11.5 Å². The number of carbonyl (C=O) groups is 2. The number of nitrogens with one attached hydrogen (secondary N) is 1. The molecule has 0 aliphatic carbocycles. The van der Waals surface area contributed by atoms with Crippen LogP contribution >= 0.6 is 34.3 Å². The van der Waals surface area contributed by atoms with Crippen LogP contribution in [0.25, 0.3) is 21.3 Å². The molecule has 0 aliphatic rings. The van der Waals surface area contributed by atoms with E-state index in [0.717, 1.165) is 11.3 Å². The van der Waals surface area contributed by atoms with Gasteiger partial charge in [0.1, 0.15) is 9.71 Å². The number of anilines is 1. The standard InChI is InChI=1S/C19H19ClN4O4S2/c1-5-24(10(4)25)19-21-11(8-29-19)7-12(20)15-22-16(26)13-9(3)14(18(27)28-6-2)30-17(13)23-15/h7-8H,5-6H2,1-4H3,(H,22,23,26)/b12-7-. The third kappa shape index (κ3) is 4.30. The minimum Gasteiger partial charge on any atom is -0.462 e. The van der Waals surface area contributed by atoms with Crippen LogP contribution < -0.4 is 10.5 Å². The molecule has 0 atom stereocenters. The quantitative estimate of drug-likeness (QED) is 0.549. The number of carbonyl (C=O) groups excluding carboxylic acids is 2. The average molecular weight is 467 g/mol. The van der Waals surface area contributed by atoms with Crippen LogP contribution in [-0.4, -0.2) is 40.0 Å². The highest BCUT2D eigenvalue weighted by Gasteiger charge is 2.21. The molecular formula is C19H19ClN4O4S2. The fourth-order valence-corrected chi connectivity index (χ4v) is 4.97. The van der Waals surface area contributed by atoms with Crippen molar-refractivity contribution in [1.82, 2.24) is 15.0 Å². The van der Waals surface area contributed by atoms with Crippen molar-refractivity contribution in [3.8, 4) is 0 Å². The number of fused-ring (bicyclic) bond motifs is 1. The van der Waals surface area contributed by atoms with Crippen LogP contribution in [0.1, 0.15) is 47.5 Å². The van der Waals surface area contributed by atoms with E-state index in [1.165, 1.54) is 18.3 Å². The summed E-state index contributed by atoms with van der Waals surface area (Å²) in [5.41, 5.74) is 0.678. The van der Waals surface area contributed by atoms with E-state index in [0.29, 0.717) is 38.0 Å². The van der Waals surface area contributed by atoms with Crippen LogP contribution in [-0.2, 0) is 9.53 Å². The molecular weight excluding hydrogens is 448 g/mol. The summed E-state index contributed by atoms with van der Waals surface area (Å²) >= 11 is 8.79. The number of halogens is 1. The third-order valence-corrected chi connectivity index (χ3v) is 6.53. The first-order valence-electron chi connectivity index (χ1n) is 9.08. The normalized spacial score (nSPS) is 11.7. The molecule has 0 saturated heterocycles. The molecule has 158 valence electrons. The summed E-state index contributed by atoms with van der Waals surface area (Å²) in [6, 6.07) is 0. The Kier molecular flexibility index (Phi) is 6.69. The highest BCUT2D eigenvalue weighted by Crippen LogP contribution is 2.30. The van der Waals surface area contributed by atoms with Gasteiger partial charge in [-0.15, -0.1) is 22.7 Å². The fourth-order valence-electron chi connectivity index (χ4n) is 2.81. The van der Waals surface area contributed by atoms with E-state index in [1.54, 1.807) is 30.2 Å². The van der Waals surface area contributed by atoms with Gasteiger partial charge >= 0.3 is 5.97 Å². The molecule has 3 aromatic heterocycles. The van der Waals surface area contributed by atoms with E-state index in [-0.39, 0.29) is 23.4 Å². The van der Waals surface area contributed by atoms with E-state index >= 15 is 0 Å². The molecule has 0 radical (unpaired) electrons. The Labute approximate surface area is 185 Å². The molecule has 0 fully saturated rings. The number of H-pyrrole nitrogens is 1. The number of amides is 1. The second-order valence-electron chi connectivity index (χ2n) is 6.18. The lowest BCUT2D eigenvalue weighted by Crippen LogP contribution is -2.27. The average Bonchev–Trinajstić information content (AvgIpc) is 3.27. The van der Waals surface area contributed by atoms with Crippen molar-refractivity contribution in [2.24, 2.45) is 0 Å². The van der Waals surface area contributed by atoms with Crippen molar-refractivity contribution >= 4 is 72.6 Å². The monoisotopic (exact) mass is 466 g/mol. The predicted molar refractivity (Wildman–Crippen MR) is 120 cm³/mol. The first kappa shape index (κ1) is 22.1. The number of thiazole rings is 1. The lowest BCUT2D eigenvalue weighted by atomic mass is 10.2. The molecule has 8 nitrogen and oxygen atoms in total. The summed E-state index contributed by atoms with van der Waals surface area (Å²) in [4.78, 5) is 50.1. The van der Waals surface area contributed by atoms with E-state index in [2.05, 4.69) is 15.0 Å². The highest BCUT2D eigenvalue weighted by atomic mass is 35.5. The van der Waals surface area contributed by atoms with Gasteiger partial charge in [-0.1, -0.05) is 11.6 Å². The zero-order valence-corrected chi connectivity index (χ0v) is 19.1. The summed E-state index contributed by atoms with van der Waals surface area (Å²) in [6.07, 6.45) is 1.56. The maximum Gasteiger partial charge on any atom is 0.348 e. The van der Waals surface area contributed by atoms with Crippen molar-refractivity contribution < 1.29 is 14.3 Å².